The van der Waals surface area contributed by atoms with E-state index in [-0.39, 0.29) is 0 Å². The maximum Gasteiger partial charge on any atom is 0.194 e. The summed E-state index contributed by atoms with van der Waals surface area (Å²) in [6.07, 6.45) is 7.59. The fourth-order valence-corrected chi connectivity index (χ4v) is 3.22. The maximum absolute atomic E-state index is 4.45. The van der Waals surface area contributed by atoms with Gasteiger partial charge < -0.3 is 10.2 Å². The van der Waals surface area contributed by atoms with Gasteiger partial charge >= 0.3 is 0 Å². The molecule has 5 heteroatoms. The van der Waals surface area contributed by atoms with Gasteiger partial charge in [0.15, 0.2) is 5.96 Å². The number of likely N-dealkylation sites (tertiary alicyclic amines) is 1. The molecular weight excluding hydrogens is 274 g/mol. The Kier molecular flexibility index (Phi) is 4.73. The van der Waals surface area contributed by atoms with Crippen LogP contribution in [0.1, 0.15) is 17.7 Å². The molecule has 1 aromatic heterocycles. The lowest BCUT2D eigenvalue weighted by Crippen LogP contribution is -2.42. The molecule has 1 fully saturated rings. The fraction of sp³-hybridized carbons (Fsp3) is 0.529. The first-order chi connectivity index (χ1) is 10.8. The first kappa shape index (κ1) is 15.0. The Morgan fingerprint density at radius 1 is 1.41 bits per heavy atom. The number of aliphatic imine (C=N–C) groups is 1. The molecule has 0 aromatic carbocycles. The van der Waals surface area contributed by atoms with Gasteiger partial charge in [-0.15, -0.1) is 0 Å². The topological polar surface area (TPSA) is 43.8 Å². The predicted octanol–water partition coefficient (Wildman–Crippen LogP) is 1.41. The largest absolute Gasteiger partial charge is 0.351 e. The van der Waals surface area contributed by atoms with Gasteiger partial charge in [0.2, 0.25) is 0 Å². The minimum absolute atomic E-state index is 0.644. The van der Waals surface area contributed by atoms with Gasteiger partial charge in [0.05, 0.1) is 12.2 Å². The van der Waals surface area contributed by atoms with E-state index in [9.17, 15) is 0 Å². The summed E-state index contributed by atoms with van der Waals surface area (Å²) in [5.74, 6) is 0.986. The van der Waals surface area contributed by atoms with Crippen LogP contribution in [-0.4, -0.2) is 60.0 Å². The third-order valence-corrected chi connectivity index (χ3v) is 4.57. The molecule has 1 N–H and O–H groups in total. The Hall–Kier alpha value is -1.88. The SMILES string of the molecule is CN=C(NCc1ncccc1C)N1CCC(N2CC=CC2)C1. The van der Waals surface area contributed by atoms with Crippen molar-refractivity contribution in [3.8, 4) is 0 Å². The maximum atomic E-state index is 4.45. The zero-order valence-electron chi connectivity index (χ0n) is 13.5. The lowest BCUT2D eigenvalue weighted by molar-refractivity contribution is 0.259. The van der Waals surface area contributed by atoms with Crippen LogP contribution in [0.3, 0.4) is 0 Å². The molecule has 22 heavy (non-hydrogen) atoms. The van der Waals surface area contributed by atoms with Crippen LogP contribution in [0.4, 0.5) is 0 Å². The van der Waals surface area contributed by atoms with Crippen molar-refractivity contribution in [3.05, 3.63) is 41.7 Å². The quantitative estimate of drug-likeness (QED) is 0.521. The van der Waals surface area contributed by atoms with E-state index in [1.54, 1.807) is 0 Å². The van der Waals surface area contributed by atoms with E-state index in [4.69, 9.17) is 0 Å². The standard InChI is InChI=1S/C17H25N5/c1-14-6-5-8-19-16(14)12-20-17(18-2)22-11-7-15(13-22)21-9-3-4-10-21/h3-6,8,15H,7,9-13H2,1-2H3,(H,18,20). The normalized spacial score (nSPS) is 22.5. The number of rotatable bonds is 3. The Bertz CT molecular complexity index is 558. The number of pyridine rings is 1. The van der Waals surface area contributed by atoms with E-state index in [0.29, 0.717) is 6.04 Å². The number of nitrogens with zero attached hydrogens (tertiary/aromatic N) is 4. The average molecular weight is 299 g/mol. The van der Waals surface area contributed by atoms with Gasteiger partial charge in [0.25, 0.3) is 0 Å². The summed E-state index contributed by atoms with van der Waals surface area (Å²) in [6.45, 7) is 7.14. The van der Waals surface area contributed by atoms with Crippen LogP contribution >= 0.6 is 0 Å². The summed E-state index contributed by atoms with van der Waals surface area (Å²) >= 11 is 0. The summed E-state index contributed by atoms with van der Waals surface area (Å²) in [5, 5.41) is 3.46. The molecule has 1 aromatic rings. The van der Waals surface area contributed by atoms with Crippen LogP contribution in [0.15, 0.2) is 35.5 Å². The lowest BCUT2D eigenvalue weighted by atomic mass is 10.2. The molecule has 5 nitrogen and oxygen atoms in total. The monoisotopic (exact) mass is 299 g/mol. The molecule has 1 saturated heterocycles. The average Bonchev–Trinajstić information content (AvgIpc) is 3.20. The molecule has 3 heterocycles. The van der Waals surface area contributed by atoms with Gasteiger partial charge in [-0.05, 0) is 25.0 Å². The Morgan fingerprint density at radius 2 is 2.23 bits per heavy atom. The zero-order valence-corrected chi connectivity index (χ0v) is 13.5. The highest BCUT2D eigenvalue weighted by Gasteiger charge is 2.29. The molecule has 3 rings (SSSR count). The zero-order chi connectivity index (χ0) is 15.4. The first-order valence-corrected chi connectivity index (χ1v) is 8.03. The highest BCUT2D eigenvalue weighted by atomic mass is 15.3. The second-order valence-corrected chi connectivity index (χ2v) is 5.98. The number of nitrogens with one attached hydrogen (secondary N) is 1. The van der Waals surface area contributed by atoms with Crippen molar-refractivity contribution >= 4 is 5.96 Å². The molecular formula is C17H25N5. The molecule has 0 saturated carbocycles. The van der Waals surface area contributed by atoms with Crippen LogP contribution in [0.2, 0.25) is 0 Å². The summed E-state index contributed by atoms with van der Waals surface area (Å²) in [6, 6.07) is 4.71. The molecule has 0 spiro atoms. The van der Waals surface area contributed by atoms with Crippen molar-refractivity contribution in [2.45, 2.75) is 25.9 Å². The van der Waals surface area contributed by atoms with Gasteiger partial charge in [-0.25, -0.2) is 0 Å². The highest BCUT2D eigenvalue weighted by molar-refractivity contribution is 5.80. The van der Waals surface area contributed by atoms with Crippen LogP contribution in [0.5, 0.6) is 0 Å². The smallest absolute Gasteiger partial charge is 0.194 e. The second-order valence-electron chi connectivity index (χ2n) is 5.98. The van der Waals surface area contributed by atoms with Crippen LogP contribution in [-0.2, 0) is 6.54 Å². The molecule has 2 aliphatic rings. The lowest BCUT2D eigenvalue weighted by Gasteiger charge is -2.25. The molecule has 118 valence electrons. The third kappa shape index (κ3) is 3.30. The summed E-state index contributed by atoms with van der Waals surface area (Å²) in [4.78, 5) is 13.8. The molecule has 0 bridgehead atoms. The molecule has 2 aliphatic heterocycles. The van der Waals surface area contributed by atoms with Crippen molar-refractivity contribution in [3.63, 3.8) is 0 Å². The number of aromatic nitrogens is 1. The number of hydrogen-bond acceptors (Lipinski definition) is 3. The van der Waals surface area contributed by atoms with Crippen molar-refractivity contribution in [2.24, 2.45) is 4.99 Å². The molecule has 0 radical (unpaired) electrons. The minimum atomic E-state index is 0.644. The van der Waals surface area contributed by atoms with E-state index in [1.807, 2.05) is 19.3 Å². The third-order valence-electron chi connectivity index (χ3n) is 4.57. The van der Waals surface area contributed by atoms with Gasteiger partial charge in [-0.1, -0.05) is 18.2 Å². The highest BCUT2D eigenvalue weighted by Crippen LogP contribution is 2.18. The summed E-state index contributed by atoms with van der Waals surface area (Å²) in [5.41, 5.74) is 2.30. The van der Waals surface area contributed by atoms with E-state index in [2.05, 4.69) is 50.2 Å². The predicted molar refractivity (Wildman–Crippen MR) is 89.9 cm³/mol. The summed E-state index contributed by atoms with van der Waals surface area (Å²) in [7, 11) is 1.86. The van der Waals surface area contributed by atoms with Gasteiger partial charge in [0.1, 0.15) is 0 Å². The van der Waals surface area contributed by atoms with Gasteiger partial charge in [-0.2, -0.15) is 0 Å². The number of aryl methyl sites for hydroxylation is 1. The number of guanidine groups is 1. The van der Waals surface area contributed by atoms with Crippen molar-refractivity contribution < 1.29 is 0 Å². The Labute approximate surface area is 132 Å². The van der Waals surface area contributed by atoms with E-state index >= 15 is 0 Å². The van der Waals surface area contributed by atoms with Crippen molar-refractivity contribution in [1.29, 1.82) is 0 Å². The molecule has 1 unspecified atom stereocenters. The first-order valence-electron chi connectivity index (χ1n) is 8.03. The minimum Gasteiger partial charge on any atom is -0.351 e. The Morgan fingerprint density at radius 3 is 2.95 bits per heavy atom. The molecule has 1 atom stereocenters. The van der Waals surface area contributed by atoms with E-state index in [0.717, 1.165) is 44.4 Å². The molecule has 0 amide bonds. The van der Waals surface area contributed by atoms with Crippen LogP contribution in [0, 0.1) is 6.92 Å². The van der Waals surface area contributed by atoms with Gasteiger partial charge in [0, 0.05) is 45.5 Å². The molecule has 0 aliphatic carbocycles. The number of hydrogen-bond donors (Lipinski definition) is 1. The van der Waals surface area contributed by atoms with Crippen LogP contribution in [0.25, 0.3) is 0 Å². The Balaban J connectivity index is 1.55. The second kappa shape index (κ2) is 6.92. The van der Waals surface area contributed by atoms with Gasteiger partial charge in [-0.3, -0.25) is 14.9 Å². The van der Waals surface area contributed by atoms with E-state index < -0.39 is 0 Å². The van der Waals surface area contributed by atoms with Crippen molar-refractivity contribution in [1.82, 2.24) is 20.1 Å². The van der Waals surface area contributed by atoms with E-state index in [1.165, 1.54) is 12.0 Å². The summed E-state index contributed by atoms with van der Waals surface area (Å²) < 4.78 is 0. The van der Waals surface area contributed by atoms with Crippen LogP contribution < -0.4 is 5.32 Å². The fourth-order valence-electron chi connectivity index (χ4n) is 3.22. The van der Waals surface area contributed by atoms with Crippen molar-refractivity contribution in [2.75, 3.05) is 33.2 Å².